The van der Waals surface area contributed by atoms with E-state index in [1.165, 1.54) is 12.1 Å². The van der Waals surface area contributed by atoms with Crippen molar-refractivity contribution in [3.8, 4) is 0 Å². The van der Waals surface area contributed by atoms with Gasteiger partial charge in [0.25, 0.3) is 17.7 Å². The molecule has 0 spiro atoms. The largest absolute Gasteiger partial charge is 0.347 e. The zero-order valence-corrected chi connectivity index (χ0v) is 18.0. The van der Waals surface area contributed by atoms with Crippen molar-refractivity contribution < 1.29 is 19.2 Å². The first-order valence-corrected chi connectivity index (χ1v) is 9.79. The van der Waals surface area contributed by atoms with E-state index in [4.69, 9.17) is 23.2 Å². The number of imide groups is 1. The van der Waals surface area contributed by atoms with Crippen molar-refractivity contribution in [1.82, 2.24) is 10.2 Å². The van der Waals surface area contributed by atoms with Crippen LogP contribution >= 0.6 is 23.2 Å². The molecule has 2 aromatic carbocycles. The zero-order valence-electron chi connectivity index (χ0n) is 16.5. The first kappa shape index (κ1) is 21.8. The third-order valence-electron chi connectivity index (χ3n) is 4.23. The molecule has 1 aliphatic heterocycles. The van der Waals surface area contributed by atoms with E-state index in [1.54, 1.807) is 24.3 Å². The summed E-state index contributed by atoms with van der Waals surface area (Å²) in [6.07, 6.45) is 0. The third kappa shape index (κ3) is 4.63. The molecule has 0 unspecified atom stereocenters. The quantitative estimate of drug-likeness (QED) is 0.697. The number of hydrogen-bond acceptors (Lipinski definition) is 4. The molecule has 0 aliphatic carbocycles. The maximum atomic E-state index is 12.5. The molecule has 9 heteroatoms. The maximum absolute atomic E-state index is 12.5. The van der Waals surface area contributed by atoms with Crippen LogP contribution in [0.2, 0.25) is 10.0 Å². The smallest absolute Gasteiger partial charge is 0.262 e. The summed E-state index contributed by atoms with van der Waals surface area (Å²) in [5, 5.41) is 5.75. The second kappa shape index (κ2) is 8.08. The van der Waals surface area contributed by atoms with Gasteiger partial charge in [0.2, 0.25) is 5.91 Å². The highest BCUT2D eigenvalue weighted by atomic mass is 35.5. The number of carbonyl (C=O) groups excluding carboxylic acids is 4. The number of nitrogens with one attached hydrogen (secondary N) is 2. The molecule has 7 nitrogen and oxygen atoms in total. The van der Waals surface area contributed by atoms with Gasteiger partial charge in [0.05, 0.1) is 21.2 Å². The fraction of sp³-hybridized carbons (Fsp3) is 0.238. The van der Waals surface area contributed by atoms with Gasteiger partial charge in [-0.25, -0.2) is 0 Å². The van der Waals surface area contributed by atoms with Gasteiger partial charge in [-0.05, 0) is 57.2 Å². The topological polar surface area (TPSA) is 95.6 Å². The van der Waals surface area contributed by atoms with E-state index in [0.29, 0.717) is 11.3 Å². The number of halogens is 2. The summed E-state index contributed by atoms with van der Waals surface area (Å²) in [6.45, 7) is 5.16. The van der Waals surface area contributed by atoms with Gasteiger partial charge >= 0.3 is 0 Å². The molecule has 4 amide bonds. The van der Waals surface area contributed by atoms with Gasteiger partial charge in [-0.2, -0.15) is 0 Å². The van der Waals surface area contributed by atoms with Crippen LogP contribution in [0.3, 0.4) is 0 Å². The highest BCUT2D eigenvalue weighted by molar-refractivity contribution is 6.43. The number of hydrogen-bond donors (Lipinski definition) is 2. The molecule has 0 bridgehead atoms. The average molecular weight is 448 g/mol. The Morgan fingerprint density at radius 3 is 1.90 bits per heavy atom. The molecule has 30 heavy (non-hydrogen) atoms. The summed E-state index contributed by atoms with van der Waals surface area (Å²) in [7, 11) is 0. The second-order valence-electron chi connectivity index (χ2n) is 7.84. The summed E-state index contributed by atoms with van der Waals surface area (Å²) in [4.78, 5) is 50.3. The lowest BCUT2D eigenvalue weighted by Crippen LogP contribution is -2.40. The molecule has 0 atom stereocenters. The van der Waals surface area contributed by atoms with E-state index < -0.39 is 24.3 Å². The number of carbonyl (C=O) groups is 4. The van der Waals surface area contributed by atoms with Gasteiger partial charge in [0.15, 0.2) is 0 Å². The molecule has 0 saturated carbocycles. The van der Waals surface area contributed by atoms with Gasteiger partial charge in [-0.15, -0.1) is 0 Å². The second-order valence-corrected chi connectivity index (χ2v) is 8.65. The summed E-state index contributed by atoms with van der Waals surface area (Å²) >= 11 is 11.8. The van der Waals surface area contributed by atoms with Crippen LogP contribution in [0.15, 0.2) is 36.4 Å². The lowest BCUT2D eigenvalue weighted by atomic mass is 10.1. The van der Waals surface area contributed by atoms with Crippen LogP contribution in [0.4, 0.5) is 5.69 Å². The van der Waals surface area contributed by atoms with Gasteiger partial charge in [-0.3, -0.25) is 24.1 Å². The molecule has 0 radical (unpaired) electrons. The normalized spacial score (nSPS) is 13.3. The van der Waals surface area contributed by atoms with Crippen molar-refractivity contribution in [2.75, 3.05) is 11.9 Å². The van der Waals surface area contributed by atoms with Gasteiger partial charge < -0.3 is 10.6 Å². The first-order chi connectivity index (χ1) is 14.0. The van der Waals surface area contributed by atoms with E-state index >= 15 is 0 Å². The Bertz CT molecular complexity index is 1020. The molecular formula is C21H19Cl2N3O4. The Labute approximate surface area is 183 Å². The Hall–Kier alpha value is -2.90. The Morgan fingerprint density at radius 1 is 0.933 bits per heavy atom. The number of rotatable bonds is 4. The van der Waals surface area contributed by atoms with Crippen molar-refractivity contribution in [2.45, 2.75) is 26.3 Å². The van der Waals surface area contributed by atoms with Crippen LogP contribution in [0, 0.1) is 0 Å². The average Bonchev–Trinajstić information content (AvgIpc) is 2.86. The molecule has 0 fully saturated rings. The molecule has 0 aromatic heterocycles. The van der Waals surface area contributed by atoms with E-state index in [0.717, 1.165) is 4.90 Å². The predicted molar refractivity (Wildman–Crippen MR) is 114 cm³/mol. The predicted octanol–water partition coefficient (Wildman–Crippen LogP) is 3.76. The maximum Gasteiger partial charge on any atom is 0.262 e. The minimum Gasteiger partial charge on any atom is -0.347 e. The number of nitrogens with zero attached hydrogens (tertiary/aromatic N) is 1. The molecule has 2 N–H and O–H groups in total. The van der Waals surface area contributed by atoms with Crippen LogP contribution in [0.1, 0.15) is 51.8 Å². The van der Waals surface area contributed by atoms with Crippen molar-refractivity contribution in [3.63, 3.8) is 0 Å². The summed E-state index contributed by atoms with van der Waals surface area (Å²) in [5.74, 6) is -2.02. The van der Waals surface area contributed by atoms with E-state index in [1.807, 2.05) is 20.8 Å². The van der Waals surface area contributed by atoms with Crippen molar-refractivity contribution in [1.29, 1.82) is 0 Å². The van der Waals surface area contributed by atoms with Gasteiger partial charge in [0.1, 0.15) is 6.54 Å². The van der Waals surface area contributed by atoms with Crippen LogP contribution < -0.4 is 10.6 Å². The summed E-state index contributed by atoms with van der Waals surface area (Å²) in [6, 6.07) is 8.91. The molecule has 2 aromatic rings. The van der Waals surface area contributed by atoms with Crippen LogP contribution in [-0.4, -0.2) is 40.6 Å². The van der Waals surface area contributed by atoms with E-state index in [9.17, 15) is 19.2 Å². The van der Waals surface area contributed by atoms with Crippen LogP contribution in [-0.2, 0) is 4.79 Å². The highest BCUT2D eigenvalue weighted by Gasteiger charge is 2.37. The van der Waals surface area contributed by atoms with Crippen molar-refractivity contribution in [3.05, 3.63) is 63.1 Å². The first-order valence-electron chi connectivity index (χ1n) is 9.04. The molecular weight excluding hydrogens is 429 g/mol. The number of fused-ring (bicyclic) bond motifs is 1. The molecule has 156 valence electrons. The molecule has 1 heterocycles. The number of amides is 4. The number of anilines is 1. The SMILES string of the molecule is CC(C)(C)NC(=O)c1ccc(NC(=O)CN2C(=O)c3cc(Cl)c(Cl)cc3C2=O)cc1. The fourth-order valence-electron chi connectivity index (χ4n) is 2.89. The molecule has 0 saturated heterocycles. The Kier molecular flexibility index (Phi) is 5.87. The zero-order chi connectivity index (χ0) is 22.2. The minimum atomic E-state index is -0.613. The van der Waals surface area contributed by atoms with Crippen molar-refractivity contribution >= 4 is 52.5 Å². The third-order valence-corrected chi connectivity index (χ3v) is 4.95. The van der Waals surface area contributed by atoms with Crippen LogP contribution in [0.5, 0.6) is 0 Å². The minimum absolute atomic E-state index is 0.108. The van der Waals surface area contributed by atoms with E-state index in [2.05, 4.69) is 10.6 Å². The Morgan fingerprint density at radius 2 is 1.43 bits per heavy atom. The fourth-order valence-corrected chi connectivity index (χ4v) is 3.22. The van der Waals surface area contributed by atoms with Gasteiger partial charge in [-0.1, -0.05) is 23.2 Å². The lowest BCUT2D eigenvalue weighted by molar-refractivity contribution is -0.116. The number of benzene rings is 2. The van der Waals surface area contributed by atoms with E-state index in [-0.39, 0.29) is 32.6 Å². The molecule has 1 aliphatic rings. The lowest BCUT2D eigenvalue weighted by Gasteiger charge is -2.20. The summed E-state index contributed by atoms with van der Waals surface area (Å²) < 4.78 is 0. The standard InChI is InChI=1S/C21H19Cl2N3O4/c1-21(2,3)25-18(28)11-4-6-12(7-5-11)24-17(27)10-26-19(29)13-8-15(22)16(23)9-14(13)20(26)30/h4-9H,10H2,1-3H3,(H,24,27)(H,25,28). The highest BCUT2D eigenvalue weighted by Crippen LogP contribution is 2.31. The van der Waals surface area contributed by atoms with Crippen LogP contribution in [0.25, 0.3) is 0 Å². The molecule has 3 rings (SSSR count). The Balaban J connectivity index is 1.66. The van der Waals surface area contributed by atoms with Crippen molar-refractivity contribution in [2.24, 2.45) is 0 Å². The summed E-state index contributed by atoms with van der Waals surface area (Å²) in [5.41, 5.74) is 0.713. The van der Waals surface area contributed by atoms with Gasteiger partial charge in [0, 0.05) is 16.8 Å². The monoisotopic (exact) mass is 447 g/mol.